The Bertz CT molecular complexity index is 5710. The van der Waals surface area contributed by atoms with Crippen molar-refractivity contribution in [1.29, 1.82) is 0 Å². The lowest BCUT2D eigenvalue weighted by Gasteiger charge is -2.34. The van der Waals surface area contributed by atoms with E-state index in [0.717, 1.165) is 95.1 Å². The third-order valence-electron chi connectivity index (χ3n) is 20.1. The molecule has 5 fully saturated rings. The molecule has 3 aromatic carbocycles. The van der Waals surface area contributed by atoms with Crippen molar-refractivity contribution in [3.63, 3.8) is 0 Å². The fourth-order valence-corrected chi connectivity index (χ4v) is 14.7. The second-order valence-electron chi connectivity index (χ2n) is 27.7. The first-order chi connectivity index (χ1) is 51.7. The summed E-state index contributed by atoms with van der Waals surface area (Å²) >= 11 is 22.0. The number of H-pyrrole nitrogens is 3. The third-order valence-corrected chi connectivity index (χ3v) is 21.8. The zero-order chi connectivity index (χ0) is 77.1. The van der Waals surface area contributed by atoms with Crippen molar-refractivity contribution in [2.24, 2.45) is 65.8 Å². The fourth-order valence-electron chi connectivity index (χ4n) is 13.7. The number of aryl methyl sites for hydroxylation is 6. The number of carbonyl (C=O) groups is 2. The smallest absolute Gasteiger partial charge is 0.332 e. The number of nitrogens with zero attached hydrogens (tertiary/aromatic N) is 12. The Hall–Kier alpha value is -9.48. The van der Waals surface area contributed by atoms with E-state index >= 15 is 0 Å². The molecule has 0 amide bonds. The Morgan fingerprint density at radius 2 is 0.908 bits per heavy atom. The number of imidazole rings is 3. The summed E-state index contributed by atoms with van der Waals surface area (Å²) in [5.74, 6) is 0.109. The van der Waals surface area contributed by atoms with Crippen LogP contribution in [0.3, 0.4) is 0 Å². The summed E-state index contributed by atoms with van der Waals surface area (Å²) in [6.45, 7) is 6.75. The molecule has 0 spiro atoms. The van der Waals surface area contributed by atoms with Crippen molar-refractivity contribution in [1.82, 2.24) is 71.0 Å². The number of ether oxygens (including phenoxy) is 3. The molecule has 9 aromatic heterocycles. The largest absolute Gasteiger partial charge is 0.481 e. The summed E-state index contributed by atoms with van der Waals surface area (Å²) in [6.07, 6.45) is 9.41. The number of carboxylic acid groups (broad SMARTS) is 1. The van der Waals surface area contributed by atoms with Gasteiger partial charge in [0.2, 0.25) is 11.9 Å². The van der Waals surface area contributed by atoms with Crippen LogP contribution < -0.4 is 50.1 Å². The van der Waals surface area contributed by atoms with Gasteiger partial charge in [-0.2, -0.15) is 9.97 Å². The van der Waals surface area contributed by atoms with Crippen molar-refractivity contribution in [2.45, 2.75) is 109 Å². The van der Waals surface area contributed by atoms with Crippen molar-refractivity contribution in [2.75, 3.05) is 50.3 Å². The Morgan fingerprint density at radius 3 is 1.23 bits per heavy atom. The van der Waals surface area contributed by atoms with Gasteiger partial charge >= 0.3 is 29.0 Å². The molecule has 36 heteroatoms. The number of nitrogens with one attached hydrogen (secondary N) is 5. The molecule has 577 valence electrons. The van der Waals surface area contributed by atoms with E-state index in [2.05, 4.69) is 56.5 Å². The number of aromatic nitrogens is 15. The summed E-state index contributed by atoms with van der Waals surface area (Å²) in [7, 11) is 9.97. The highest BCUT2D eigenvalue weighted by Crippen LogP contribution is 2.33. The number of carboxylic acids is 1. The fraction of sp³-hybridized carbons (Fsp3) is 0.438. The van der Waals surface area contributed by atoms with Crippen molar-refractivity contribution >= 4 is 149 Å². The van der Waals surface area contributed by atoms with Gasteiger partial charge in [-0.1, -0.05) is 53.0 Å². The van der Waals surface area contributed by atoms with Crippen LogP contribution in [0.25, 0.3) is 66.2 Å². The predicted octanol–water partition coefficient (Wildman–Crippen LogP) is 7.57. The van der Waals surface area contributed by atoms with Crippen molar-refractivity contribution in [3.8, 4) is 0 Å². The average Bonchev–Trinajstić information content (AvgIpc) is 1.63. The standard InChI is InChI=1S/C21H21ClN6O4.C21H23ClN6O3.C16H13BrClN5O2.C7H13NO2.2C4H8O.B/c1-26-16-17(25-20(26)24-11-6-10(7-11)19(30)31)27(2)21(32)28(18(16)29)9-12-8-13-14(22)4-3-5-15(13)23-12;1-26-17-18(25-20(26)24-12-6-11(7-12)10-29)27(2)21(31)28(19(17)30)9-13-8-14-15(22)4-3-5-16(14)23-13;1-21-12-13(20-15(21)17)22(2)16(25)23(14(12)24)7-8-6-9-10(18)4-3-5-11(9)19-8;1-2-10-7(9)5-3-6(8)4-5;2*1-2-4-5-3-1;/h3-5,8,10-11,23H,6-7,9H2,1-2H3,(H,24,25)(H,30,31);3-5,8,11-12,23,29H,6-7,9-10H2,1-2H3,(H,24,25);3-6,19H,7H2,1-2H3;5-6H,2-4,8H2,1H3;2*1-4H2;. The van der Waals surface area contributed by atoms with Gasteiger partial charge in [-0.15, -0.1) is 0 Å². The number of rotatable bonds is 14. The van der Waals surface area contributed by atoms with Crippen LogP contribution in [0.5, 0.6) is 0 Å². The maximum atomic E-state index is 13.3. The summed E-state index contributed by atoms with van der Waals surface area (Å²) in [6, 6.07) is 22.5. The number of aliphatic hydroxyl groups excluding tert-OH is 1. The molecule has 3 saturated carbocycles. The highest BCUT2D eigenvalue weighted by Gasteiger charge is 2.36. The number of carbonyl (C=O) groups excluding carboxylic acids is 1. The average molecular weight is 1620 g/mol. The van der Waals surface area contributed by atoms with E-state index in [0.29, 0.717) is 90.8 Å². The zero-order valence-corrected chi connectivity index (χ0v) is 65.1. The van der Waals surface area contributed by atoms with Gasteiger partial charge in [-0.05, 0) is 148 Å². The number of benzene rings is 3. The number of hydrogen-bond acceptors (Lipinski definition) is 18. The number of aromatic amines is 3. The Kier molecular flexibility index (Phi) is 25.6. The van der Waals surface area contributed by atoms with Crippen LogP contribution in [0.15, 0.2) is 106 Å². The van der Waals surface area contributed by atoms with Crippen LogP contribution >= 0.6 is 50.7 Å². The van der Waals surface area contributed by atoms with Crippen LogP contribution in [0, 0.1) is 17.8 Å². The first kappa shape index (κ1) is 80.5. The zero-order valence-electron chi connectivity index (χ0n) is 61.2. The topological polar surface area (TPSA) is 385 Å². The quantitative estimate of drug-likeness (QED) is 0.0295. The molecule has 0 bridgehead atoms. The molecule has 11 heterocycles. The van der Waals surface area contributed by atoms with E-state index in [1.165, 1.54) is 48.5 Å². The molecule has 9 N–H and O–H groups in total. The number of aliphatic carboxylic acids is 1. The van der Waals surface area contributed by atoms with Crippen LogP contribution in [0.2, 0.25) is 15.1 Å². The first-order valence-electron chi connectivity index (χ1n) is 35.6. The van der Waals surface area contributed by atoms with Crippen LogP contribution in [-0.4, -0.2) is 159 Å². The van der Waals surface area contributed by atoms with Crippen LogP contribution in [0.4, 0.5) is 11.9 Å². The molecule has 12 aromatic rings. The predicted molar refractivity (Wildman–Crippen MR) is 424 cm³/mol. The maximum absolute atomic E-state index is 13.3. The molecule has 17 rings (SSSR count). The van der Waals surface area contributed by atoms with Crippen LogP contribution in [0.1, 0.15) is 88.2 Å². The maximum Gasteiger partial charge on any atom is 0.332 e. The van der Waals surface area contributed by atoms with Gasteiger partial charge in [0, 0.05) is 167 Å². The molecule has 3 aliphatic carbocycles. The van der Waals surface area contributed by atoms with Gasteiger partial charge in [0.25, 0.3) is 16.7 Å². The van der Waals surface area contributed by atoms with Crippen molar-refractivity contribution in [3.05, 3.63) is 172 Å². The molecular weight excluding hydrogens is 1530 g/mol. The van der Waals surface area contributed by atoms with E-state index in [4.69, 9.17) is 59.9 Å². The van der Waals surface area contributed by atoms with E-state index in [-0.39, 0.29) is 87.3 Å². The molecule has 109 heavy (non-hydrogen) atoms. The van der Waals surface area contributed by atoms with Gasteiger partial charge in [-0.3, -0.25) is 51.4 Å². The summed E-state index contributed by atoms with van der Waals surface area (Å²) in [5.41, 5.74) is 9.55. The molecule has 0 atom stereocenters. The van der Waals surface area contributed by atoms with Crippen LogP contribution in [-0.2, 0) is 85.7 Å². The second-order valence-corrected chi connectivity index (χ2v) is 29.6. The van der Waals surface area contributed by atoms with Gasteiger partial charge in [-0.25, -0.2) is 19.4 Å². The number of nitrogens with two attached hydrogens (primary N) is 1. The number of esters is 1. The Labute approximate surface area is 647 Å². The highest BCUT2D eigenvalue weighted by molar-refractivity contribution is 9.10. The normalized spacial score (nSPS) is 18.4. The minimum Gasteiger partial charge on any atom is -0.481 e. The summed E-state index contributed by atoms with van der Waals surface area (Å²) < 4.78 is 27.8. The second kappa shape index (κ2) is 34.6. The SMILES string of the molecule is C1CCOC1.C1CCOC1.CCOC(=O)C1CC(N)C1.Cn1c(Br)nc2c1c(=O)n(Cc1cc3c(Cl)cccc3[nH]1)c(=O)n2C.Cn1c(NC2CC(C(=O)O)C2)nc2c1c(=O)n(Cc1cc3c(Cl)cccc3[nH]1)c(=O)n2C.Cn1c(NC2CC(CO)C2)nc2c1c(=O)n(Cc1cc3c(Cl)cccc3[nH]1)c(=O)n2C.[B]. The first-order valence-corrected chi connectivity index (χ1v) is 37.5. The number of aliphatic hydroxyl groups is 1. The monoisotopic (exact) mass is 1620 g/mol. The number of halogens is 4. The Balaban J connectivity index is 0.000000143. The van der Waals surface area contributed by atoms with Gasteiger partial charge in [0.1, 0.15) is 0 Å². The molecule has 5 aliphatic rings. The van der Waals surface area contributed by atoms with E-state index in [9.17, 15) is 43.5 Å². The van der Waals surface area contributed by atoms with Gasteiger partial charge < -0.3 is 69.4 Å². The molecule has 0 unspecified atom stereocenters. The minimum atomic E-state index is -0.809. The van der Waals surface area contributed by atoms with Gasteiger partial charge in [0.15, 0.2) is 38.2 Å². The lowest BCUT2D eigenvalue weighted by molar-refractivity contribution is -0.151. The molecule has 3 radical (unpaired) electrons. The highest BCUT2D eigenvalue weighted by atomic mass is 79.9. The van der Waals surface area contributed by atoms with E-state index in [1.807, 2.05) is 61.5 Å². The third kappa shape index (κ3) is 17.1. The van der Waals surface area contributed by atoms with E-state index < -0.39 is 34.2 Å². The molecular formula is C73H86BBrCl3N18O13. The lowest BCUT2D eigenvalue weighted by Crippen LogP contribution is -2.41. The molecule has 31 nitrogen and oxygen atoms in total. The Morgan fingerprint density at radius 1 is 0.550 bits per heavy atom. The summed E-state index contributed by atoms with van der Waals surface area (Å²) in [4.78, 5) is 123. The number of anilines is 2. The number of fused-ring (bicyclic) bond motifs is 6. The minimum absolute atomic E-state index is 0. The van der Waals surface area contributed by atoms with E-state index in [1.54, 1.807) is 74.2 Å². The lowest BCUT2D eigenvalue weighted by atomic mass is 9.80. The molecule has 2 aliphatic heterocycles. The van der Waals surface area contributed by atoms with Crippen molar-refractivity contribution < 1.29 is 34.0 Å². The summed E-state index contributed by atoms with van der Waals surface area (Å²) in [5, 5.41) is 29.1. The molecule has 2 saturated heterocycles. The van der Waals surface area contributed by atoms with Gasteiger partial charge in [0.05, 0.1) is 38.1 Å². The number of hydrogen-bond donors (Lipinski definition) is 8.